The van der Waals surface area contributed by atoms with Crippen molar-refractivity contribution >= 4 is 23.2 Å². The van der Waals surface area contributed by atoms with E-state index in [4.69, 9.17) is 4.74 Å². The van der Waals surface area contributed by atoms with Gasteiger partial charge in [0.15, 0.2) is 0 Å². The number of likely N-dealkylation sites (tertiary alicyclic amines) is 2. The van der Waals surface area contributed by atoms with Gasteiger partial charge in [-0.3, -0.25) is 14.5 Å². The number of aryl methyl sites for hydroxylation is 1. The zero-order valence-electron chi connectivity index (χ0n) is 17.2. The Bertz CT molecular complexity index is 788. The zero-order chi connectivity index (χ0) is 19.8. The van der Waals surface area contributed by atoms with Gasteiger partial charge in [0.1, 0.15) is 0 Å². The molecule has 0 saturated carbocycles. The molecule has 3 saturated heterocycles. The molecule has 3 fully saturated rings. The molecule has 1 aromatic heterocycles. The van der Waals surface area contributed by atoms with Crippen LogP contribution in [0.2, 0.25) is 0 Å². The summed E-state index contributed by atoms with van der Waals surface area (Å²) in [6, 6.07) is 0. The van der Waals surface area contributed by atoms with E-state index in [0.29, 0.717) is 13.1 Å². The van der Waals surface area contributed by atoms with Crippen LogP contribution in [0.3, 0.4) is 0 Å². The van der Waals surface area contributed by atoms with Crippen molar-refractivity contribution in [3.8, 4) is 0 Å². The van der Waals surface area contributed by atoms with E-state index < -0.39 is 0 Å². The molecule has 1 unspecified atom stereocenters. The van der Waals surface area contributed by atoms with E-state index in [0.717, 1.165) is 76.5 Å². The lowest BCUT2D eigenvalue weighted by molar-refractivity contribution is -0.135. The maximum Gasteiger partial charge on any atom is 0.264 e. The SMILES string of the molecule is O=C(c1scc2c1CCCC2)N1CCC2(CCN(CCN3CCOCC3)C2=O)C1. The number of ether oxygens (including phenoxy) is 1. The fraction of sp³-hybridized carbons (Fsp3) is 0.727. The molecule has 1 atom stereocenters. The number of carbonyl (C=O) groups is 2. The minimum atomic E-state index is -0.335. The van der Waals surface area contributed by atoms with Gasteiger partial charge < -0.3 is 14.5 Å². The molecule has 0 bridgehead atoms. The summed E-state index contributed by atoms with van der Waals surface area (Å²) in [5.74, 6) is 0.434. The lowest BCUT2D eigenvalue weighted by Crippen LogP contribution is -2.43. The van der Waals surface area contributed by atoms with Crippen LogP contribution in [0.4, 0.5) is 0 Å². The first kappa shape index (κ1) is 19.5. The summed E-state index contributed by atoms with van der Waals surface area (Å²) in [6.45, 7) is 7.38. The Balaban J connectivity index is 1.21. The summed E-state index contributed by atoms with van der Waals surface area (Å²) >= 11 is 1.61. The van der Waals surface area contributed by atoms with Crippen LogP contribution in [0.1, 0.15) is 46.5 Å². The largest absolute Gasteiger partial charge is 0.379 e. The average Bonchev–Trinajstić information content (AvgIpc) is 3.46. The van der Waals surface area contributed by atoms with Crippen LogP contribution in [0, 0.1) is 5.41 Å². The van der Waals surface area contributed by atoms with Gasteiger partial charge in [0.05, 0.1) is 23.5 Å². The number of thiophene rings is 1. The highest BCUT2D eigenvalue weighted by atomic mass is 32.1. The number of hydrogen-bond donors (Lipinski definition) is 0. The molecule has 0 aromatic carbocycles. The second kappa shape index (κ2) is 8.00. The van der Waals surface area contributed by atoms with Crippen molar-refractivity contribution in [2.45, 2.75) is 38.5 Å². The molecule has 1 aliphatic carbocycles. The van der Waals surface area contributed by atoms with E-state index in [-0.39, 0.29) is 17.2 Å². The molecule has 2 amide bonds. The molecule has 158 valence electrons. The second-order valence-corrected chi connectivity index (χ2v) is 9.91. The third kappa shape index (κ3) is 3.62. The normalized spacial score (nSPS) is 27.8. The van der Waals surface area contributed by atoms with E-state index in [1.165, 1.54) is 24.0 Å². The third-order valence-electron chi connectivity index (χ3n) is 7.33. The number of hydrogen-bond acceptors (Lipinski definition) is 5. The molecular formula is C22H31N3O3S. The molecule has 5 rings (SSSR count). The van der Waals surface area contributed by atoms with Gasteiger partial charge in [-0.2, -0.15) is 0 Å². The summed E-state index contributed by atoms with van der Waals surface area (Å²) in [5, 5.41) is 2.18. The molecule has 29 heavy (non-hydrogen) atoms. The van der Waals surface area contributed by atoms with Crippen molar-refractivity contribution in [1.82, 2.24) is 14.7 Å². The quantitative estimate of drug-likeness (QED) is 0.752. The Kier molecular flexibility index (Phi) is 5.39. The predicted octanol–water partition coefficient (Wildman–Crippen LogP) is 2.02. The van der Waals surface area contributed by atoms with E-state index >= 15 is 0 Å². The Morgan fingerprint density at radius 1 is 1.07 bits per heavy atom. The fourth-order valence-electron chi connectivity index (χ4n) is 5.46. The lowest BCUT2D eigenvalue weighted by atomic mass is 9.85. The topological polar surface area (TPSA) is 53.1 Å². The van der Waals surface area contributed by atoms with Crippen LogP contribution in [-0.4, -0.2) is 85.5 Å². The highest BCUT2D eigenvalue weighted by molar-refractivity contribution is 7.12. The van der Waals surface area contributed by atoms with Crippen LogP contribution < -0.4 is 0 Å². The average molecular weight is 418 g/mol. The van der Waals surface area contributed by atoms with Crippen molar-refractivity contribution in [2.24, 2.45) is 5.41 Å². The highest BCUT2D eigenvalue weighted by Gasteiger charge is 2.51. The predicted molar refractivity (Wildman–Crippen MR) is 112 cm³/mol. The number of rotatable bonds is 4. The molecular weight excluding hydrogens is 386 g/mol. The van der Waals surface area contributed by atoms with E-state index in [1.807, 2.05) is 9.80 Å². The Morgan fingerprint density at radius 2 is 1.86 bits per heavy atom. The molecule has 0 radical (unpaired) electrons. The van der Waals surface area contributed by atoms with E-state index in [9.17, 15) is 9.59 Å². The molecule has 1 spiro atoms. The van der Waals surface area contributed by atoms with Crippen LogP contribution in [0.25, 0.3) is 0 Å². The van der Waals surface area contributed by atoms with Crippen LogP contribution in [-0.2, 0) is 22.4 Å². The third-order valence-corrected chi connectivity index (χ3v) is 8.39. The summed E-state index contributed by atoms with van der Waals surface area (Å²) in [6.07, 6.45) is 6.27. The maximum absolute atomic E-state index is 13.2. The van der Waals surface area contributed by atoms with Gasteiger partial charge in [0.25, 0.3) is 5.91 Å². The summed E-state index contributed by atoms with van der Waals surface area (Å²) in [4.78, 5) is 33.8. The monoisotopic (exact) mass is 417 g/mol. The summed E-state index contributed by atoms with van der Waals surface area (Å²) < 4.78 is 5.41. The van der Waals surface area contributed by atoms with Gasteiger partial charge >= 0.3 is 0 Å². The first-order chi connectivity index (χ1) is 14.2. The van der Waals surface area contributed by atoms with Crippen LogP contribution >= 0.6 is 11.3 Å². The number of morpholine rings is 1. The molecule has 0 N–H and O–H groups in total. The molecule has 6 nitrogen and oxygen atoms in total. The minimum absolute atomic E-state index is 0.162. The van der Waals surface area contributed by atoms with Crippen molar-refractivity contribution in [1.29, 1.82) is 0 Å². The first-order valence-corrected chi connectivity index (χ1v) is 12.0. The minimum Gasteiger partial charge on any atom is -0.379 e. The number of amides is 2. The Hall–Kier alpha value is -1.44. The van der Waals surface area contributed by atoms with Gasteiger partial charge in [-0.1, -0.05) is 0 Å². The van der Waals surface area contributed by atoms with E-state index in [2.05, 4.69) is 10.3 Å². The van der Waals surface area contributed by atoms with Gasteiger partial charge in [-0.25, -0.2) is 0 Å². The van der Waals surface area contributed by atoms with E-state index in [1.54, 1.807) is 11.3 Å². The number of nitrogens with zero attached hydrogens (tertiary/aromatic N) is 3. The Labute approximate surface area is 176 Å². The van der Waals surface area contributed by atoms with Gasteiger partial charge in [-0.05, 0) is 55.0 Å². The number of carbonyl (C=O) groups excluding carboxylic acids is 2. The first-order valence-electron chi connectivity index (χ1n) is 11.1. The van der Waals surface area contributed by atoms with Crippen molar-refractivity contribution in [2.75, 3.05) is 59.0 Å². The molecule has 7 heteroatoms. The molecule has 1 aromatic rings. The van der Waals surface area contributed by atoms with Gasteiger partial charge in [0.2, 0.25) is 5.91 Å². The highest BCUT2D eigenvalue weighted by Crippen LogP contribution is 2.42. The Morgan fingerprint density at radius 3 is 2.72 bits per heavy atom. The maximum atomic E-state index is 13.2. The smallest absolute Gasteiger partial charge is 0.264 e. The summed E-state index contributed by atoms with van der Waals surface area (Å²) in [5.41, 5.74) is 2.33. The number of fused-ring (bicyclic) bond motifs is 1. The van der Waals surface area contributed by atoms with Gasteiger partial charge in [0, 0.05) is 45.8 Å². The lowest BCUT2D eigenvalue weighted by Gasteiger charge is -2.29. The molecule has 4 heterocycles. The van der Waals surface area contributed by atoms with Crippen molar-refractivity contribution in [3.63, 3.8) is 0 Å². The zero-order valence-corrected chi connectivity index (χ0v) is 18.0. The van der Waals surface area contributed by atoms with Gasteiger partial charge in [-0.15, -0.1) is 11.3 Å². The van der Waals surface area contributed by atoms with Crippen molar-refractivity contribution < 1.29 is 14.3 Å². The van der Waals surface area contributed by atoms with Crippen LogP contribution in [0.15, 0.2) is 5.38 Å². The standard InChI is InChI=1S/C22H31N3O3S/c26-20(19-18-4-2-1-3-17(18)15-29-19)25-8-6-22(16-25)5-7-24(21(22)27)10-9-23-11-13-28-14-12-23/h15H,1-14,16H2. The second-order valence-electron chi connectivity index (χ2n) is 9.03. The molecule has 3 aliphatic heterocycles. The summed E-state index contributed by atoms with van der Waals surface area (Å²) in [7, 11) is 0. The fourth-order valence-corrected chi connectivity index (χ4v) is 6.59. The molecule has 4 aliphatic rings. The van der Waals surface area contributed by atoms with Crippen molar-refractivity contribution in [3.05, 3.63) is 21.4 Å². The van der Waals surface area contributed by atoms with Crippen LogP contribution in [0.5, 0.6) is 0 Å².